The van der Waals surface area contributed by atoms with Crippen molar-refractivity contribution in [1.29, 1.82) is 0 Å². The summed E-state index contributed by atoms with van der Waals surface area (Å²) >= 11 is 10.6. The number of methoxy groups -OCH3 is 1. The van der Waals surface area contributed by atoms with E-state index >= 15 is 0 Å². The SMILES string of the molecule is COc1c(Br)cc(C=C2C(=O)N(C)C(=S)N(C)C2=O)cc1I. The van der Waals surface area contributed by atoms with Gasteiger partial charge in [0, 0.05) is 14.1 Å². The van der Waals surface area contributed by atoms with Crippen molar-refractivity contribution in [3.63, 3.8) is 0 Å². The number of halogens is 2. The lowest BCUT2D eigenvalue weighted by Gasteiger charge is -2.31. The monoisotopic (exact) mass is 494 g/mol. The topological polar surface area (TPSA) is 49.9 Å². The molecule has 0 aromatic heterocycles. The lowest BCUT2D eigenvalue weighted by Crippen LogP contribution is -2.52. The molecule has 1 aliphatic rings. The largest absolute Gasteiger partial charge is 0.494 e. The van der Waals surface area contributed by atoms with Gasteiger partial charge in [0.2, 0.25) is 0 Å². The average Bonchev–Trinajstić information content (AvgIpc) is 2.47. The third kappa shape index (κ3) is 3.04. The van der Waals surface area contributed by atoms with Gasteiger partial charge in [0.15, 0.2) is 5.11 Å². The van der Waals surface area contributed by atoms with Crippen LogP contribution >= 0.6 is 50.7 Å². The summed E-state index contributed by atoms with van der Waals surface area (Å²) in [7, 11) is 4.68. The van der Waals surface area contributed by atoms with Gasteiger partial charge in [0.1, 0.15) is 11.3 Å². The molecule has 8 heteroatoms. The van der Waals surface area contributed by atoms with Crippen molar-refractivity contribution in [3.8, 4) is 5.75 Å². The van der Waals surface area contributed by atoms with E-state index in [1.165, 1.54) is 9.80 Å². The Bertz CT molecular complexity index is 671. The second kappa shape index (κ2) is 6.63. The van der Waals surface area contributed by atoms with Crippen molar-refractivity contribution in [3.05, 3.63) is 31.3 Å². The molecule has 0 atom stereocenters. The van der Waals surface area contributed by atoms with E-state index in [1.807, 2.05) is 6.07 Å². The number of carbonyl (C=O) groups is 2. The predicted molar refractivity (Wildman–Crippen MR) is 99.5 cm³/mol. The number of benzene rings is 1. The lowest BCUT2D eigenvalue weighted by atomic mass is 10.1. The molecule has 1 aromatic rings. The van der Waals surface area contributed by atoms with Crippen molar-refractivity contribution in [2.45, 2.75) is 0 Å². The Kier molecular flexibility index (Phi) is 5.23. The molecule has 2 rings (SSSR count). The van der Waals surface area contributed by atoms with E-state index in [4.69, 9.17) is 17.0 Å². The number of nitrogens with zero attached hydrogens (tertiary/aromatic N) is 2. The first-order valence-corrected chi connectivity index (χ1v) is 8.40. The second-order valence-corrected chi connectivity index (χ2v) is 6.97. The van der Waals surface area contributed by atoms with E-state index in [1.54, 1.807) is 33.3 Å². The van der Waals surface area contributed by atoms with Crippen LogP contribution in [0.25, 0.3) is 6.08 Å². The van der Waals surface area contributed by atoms with Crippen LogP contribution in [0.4, 0.5) is 0 Å². The molecule has 0 N–H and O–H groups in total. The Morgan fingerprint density at radius 3 is 2.23 bits per heavy atom. The maximum Gasteiger partial charge on any atom is 0.265 e. The standard InChI is InChI=1S/C14H12BrIN2O3S/c1-17-12(19)8(13(20)18(2)14(17)22)4-7-5-9(15)11(21-3)10(16)6-7/h4-6H,1-3H3. The number of carbonyl (C=O) groups excluding carboxylic acids is 2. The van der Waals surface area contributed by atoms with Crippen LogP contribution in [0.1, 0.15) is 5.56 Å². The number of ether oxygens (including phenoxy) is 1. The van der Waals surface area contributed by atoms with Crippen LogP contribution in [0.2, 0.25) is 0 Å². The molecule has 1 heterocycles. The van der Waals surface area contributed by atoms with E-state index in [-0.39, 0.29) is 10.7 Å². The maximum atomic E-state index is 12.3. The summed E-state index contributed by atoms with van der Waals surface area (Å²) in [5, 5.41) is 0.192. The zero-order valence-corrected chi connectivity index (χ0v) is 16.6. The highest BCUT2D eigenvalue weighted by molar-refractivity contribution is 14.1. The van der Waals surface area contributed by atoms with Gasteiger partial charge < -0.3 is 4.74 Å². The first-order chi connectivity index (χ1) is 10.3. The van der Waals surface area contributed by atoms with Gasteiger partial charge >= 0.3 is 0 Å². The van der Waals surface area contributed by atoms with Gasteiger partial charge in [-0.1, -0.05) is 0 Å². The number of hydrogen-bond acceptors (Lipinski definition) is 4. The Morgan fingerprint density at radius 2 is 1.77 bits per heavy atom. The van der Waals surface area contributed by atoms with Crippen LogP contribution in [0, 0.1) is 3.57 Å². The minimum Gasteiger partial charge on any atom is -0.494 e. The van der Waals surface area contributed by atoms with Crippen molar-refractivity contribution >= 4 is 73.7 Å². The molecule has 116 valence electrons. The van der Waals surface area contributed by atoms with E-state index < -0.39 is 11.8 Å². The fourth-order valence-corrected chi connectivity index (χ4v) is 4.05. The smallest absolute Gasteiger partial charge is 0.265 e. The molecule has 5 nitrogen and oxygen atoms in total. The Hall–Kier alpha value is -1.00. The molecule has 0 saturated carbocycles. The minimum absolute atomic E-state index is 0.0754. The van der Waals surface area contributed by atoms with Gasteiger partial charge in [-0.25, -0.2) is 0 Å². The zero-order valence-electron chi connectivity index (χ0n) is 12.0. The van der Waals surface area contributed by atoms with Crippen LogP contribution in [0.3, 0.4) is 0 Å². The van der Waals surface area contributed by atoms with Crippen LogP contribution in [0.5, 0.6) is 5.75 Å². The van der Waals surface area contributed by atoms with Crippen LogP contribution in [0.15, 0.2) is 22.2 Å². The van der Waals surface area contributed by atoms with Crippen molar-refractivity contribution in [2.75, 3.05) is 21.2 Å². The summed E-state index contributed by atoms with van der Waals surface area (Å²) < 4.78 is 6.89. The van der Waals surface area contributed by atoms with Crippen molar-refractivity contribution in [1.82, 2.24) is 9.80 Å². The lowest BCUT2D eigenvalue weighted by molar-refractivity contribution is -0.132. The summed E-state index contributed by atoms with van der Waals surface area (Å²) in [5.74, 6) is -0.107. The Balaban J connectivity index is 2.50. The van der Waals surface area contributed by atoms with Crippen LogP contribution in [-0.4, -0.2) is 47.9 Å². The molecule has 0 radical (unpaired) electrons. The highest BCUT2D eigenvalue weighted by Crippen LogP contribution is 2.32. The summed E-state index contributed by atoms with van der Waals surface area (Å²) in [6.07, 6.45) is 1.56. The molecule has 22 heavy (non-hydrogen) atoms. The van der Waals surface area contributed by atoms with Crippen molar-refractivity contribution in [2.24, 2.45) is 0 Å². The summed E-state index contributed by atoms with van der Waals surface area (Å²) in [6, 6.07) is 3.63. The molecule has 0 unspecified atom stereocenters. The summed E-state index contributed by atoms with van der Waals surface area (Å²) in [6.45, 7) is 0. The molecular weight excluding hydrogens is 483 g/mol. The van der Waals surface area contributed by atoms with Gasteiger partial charge in [-0.15, -0.1) is 0 Å². The number of hydrogen-bond donors (Lipinski definition) is 0. The minimum atomic E-state index is -0.407. The molecule has 0 spiro atoms. The molecule has 1 saturated heterocycles. The van der Waals surface area contributed by atoms with E-state index in [2.05, 4.69) is 38.5 Å². The highest BCUT2D eigenvalue weighted by Gasteiger charge is 2.35. The zero-order chi connectivity index (χ0) is 16.6. The van der Waals surface area contributed by atoms with Gasteiger partial charge in [0.05, 0.1) is 15.2 Å². The molecule has 0 bridgehead atoms. The molecule has 1 aromatic carbocycles. The number of thiocarbonyl (C=S) groups is 1. The highest BCUT2D eigenvalue weighted by atomic mass is 127. The normalized spacial score (nSPS) is 15.5. The van der Waals surface area contributed by atoms with Crippen molar-refractivity contribution < 1.29 is 14.3 Å². The second-order valence-electron chi connectivity index (χ2n) is 4.59. The van der Waals surface area contributed by atoms with Crippen LogP contribution in [-0.2, 0) is 9.59 Å². The Labute approximate surface area is 155 Å². The number of amides is 2. The fourth-order valence-electron chi connectivity index (χ4n) is 2.00. The van der Waals surface area contributed by atoms with Crippen LogP contribution < -0.4 is 4.74 Å². The summed E-state index contributed by atoms with van der Waals surface area (Å²) in [4.78, 5) is 27.1. The molecule has 1 fully saturated rings. The fraction of sp³-hybridized carbons (Fsp3) is 0.214. The average molecular weight is 495 g/mol. The molecule has 2 amide bonds. The Morgan fingerprint density at radius 1 is 1.23 bits per heavy atom. The van der Waals surface area contributed by atoms with Gasteiger partial charge in [0.25, 0.3) is 11.8 Å². The number of likely N-dealkylation sites (N-methyl/N-ethyl adjacent to an activating group) is 2. The first kappa shape index (κ1) is 17.4. The third-order valence-electron chi connectivity index (χ3n) is 3.18. The maximum absolute atomic E-state index is 12.3. The van der Waals surface area contributed by atoms with E-state index in [0.29, 0.717) is 5.75 Å². The van der Waals surface area contributed by atoms with Gasteiger partial charge in [-0.3, -0.25) is 19.4 Å². The van der Waals surface area contributed by atoms with E-state index in [9.17, 15) is 9.59 Å². The van der Waals surface area contributed by atoms with Gasteiger partial charge in [-0.2, -0.15) is 0 Å². The van der Waals surface area contributed by atoms with E-state index in [0.717, 1.165) is 13.6 Å². The molecule has 0 aliphatic carbocycles. The van der Waals surface area contributed by atoms with Gasteiger partial charge in [-0.05, 0) is 74.5 Å². The first-order valence-electron chi connectivity index (χ1n) is 6.12. The third-order valence-corrected chi connectivity index (χ3v) is 5.12. The summed E-state index contributed by atoms with van der Waals surface area (Å²) in [5.41, 5.74) is 0.801. The molecule has 1 aliphatic heterocycles. The quantitative estimate of drug-likeness (QED) is 0.274. The number of rotatable bonds is 2. The molecular formula is C14H12BrIN2O3S. The predicted octanol–water partition coefficient (Wildman–Crippen LogP) is 2.66.